The van der Waals surface area contributed by atoms with Gasteiger partial charge in [-0.2, -0.15) is 0 Å². The third-order valence-corrected chi connectivity index (χ3v) is 5.06. The lowest BCUT2D eigenvalue weighted by Crippen LogP contribution is -2.41. The Morgan fingerprint density at radius 1 is 1.30 bits per heavy atom. The second kappa shape index (κ2) is 6.00. The molecular formula is C19H26N2O2. The van der Waals surface area contributed by atoms with E-state index in [9.17, 15) is 4.79 Å². The Labute approximate surface area is 137 Å². The number of carbonyl (C=O) groups is 1. The Morgan fingerprint density at radius 2 is 1.96 bits per heavy atom. The monoisotopic (exact) mass is 314 g/mol. The summed E-state index contributed by atoms with van der Waals surface area (Å²) in [5.41, 5.74) is 3.97. The number of aryl methyl sites for hydroxylation is 3. The van der Waals surface area contributed by atoms with E-state index >= 15 is 0 Å². The molecule has 23 heavy (non-hydrogen) atoms. The number of carbonyl (C=O) groups excluding carboxylic acids is 1. The molecule has 0 spiro atoms. The van der Waals surface area contributed by atoms with Crippen molar-refractivity contribution in [2.45, 2.75) is 52.6 Å². The minimum atomic E-state index is -0.117. The Bertz CT molecular complexity index is 743. The van der Waals surface area contributed by atoms with Crippen LogP contribution in [-0.4, -0.2) is 36.5 Å². The van der Waals surface area contributed by atoms with Crippen molar-refractivity contribution in [3.63, 3.8) is 0 Å². The number of nitrogens with one attached hydrogen (secondary N) is 1. The lowest BCUT2D eigenvalue weighted by molar-refractivity contribution is 0.0913. The van der Waals surface area contributed by atoms with Crippen LogP contribution in [-0.2, 0) is 0 Å². The predicted octanol–water partition coefficient (Wildman–Crippen LogP) is 3.57. The van der Waals surface area contributed by atoms with E-state index in [1.807, 2.05) is 19.9 Å². The second-order valence-corrected chi connectivity index (χ2v) is 6.92. The standard InChI is InChI=1S/C19H26N2O2/c1-11-6-7-12(2)17-16(11)14(4)18(23-17)19(22)20-10-13(3)21(5)15-8-9-15/h6-7,13,15H,8-10H2,1-5H3,(H,20,22). The Kier molecular flexibility index (Phi) is 4.19. The fraction of sp³-hybridized carbons (Fsp3) is 0.526. The van der Waals surface area contributed by atoms with Gasteiger partial charge in [0, 0.05) is 29.6 Å². The van der Waals surface area contributed by atoms with Crippen LogP contribution < -0.4 is 5.32 Å². The molecule has 0 saturated heterocycles. The first-order valence-corrected chi connectivity index (χ1v) is 8.39. The molecule has 1 fully saturated rings. The van der Waals surface area contributed by atoms with Gasteiger partial charge in [0.05, 0.1) is 0 Å². The van der Waals surface area contributed by atoms with Crippen LogP contribution in [0.25, 0.3) is 11.0 Å². The SMILES string of the molecule is Cc1ccc(C)c2c(C)c(C(=O)NCC(C)N(C)C3CC3)oc12. The van der Waals surface area contributed by atoms with Crippen molar-refractivity contribution < 1.29 is 9.21 Å². The van der Waals surface area contributed by atoms with Gasteiger partial charge in [-0.15, -0.1) is 0 Å². The maximum atomic E-state index is 12.5. The van der Waals surface area contributed by atoms with Gasteiger partial charge in [-0.1, -0.05) is 12.1 Å². The van der Waals surface area contributed by atoms with Gasteiger partial charge in [0.2, 0.25) is 0 Å². The minimum absolute atomic E-state index is 0.117. The first-order valence-electron chi connectivity index (χ1n) is 8.39. The number of rotatable bonds is 5. The van der Waals surface area contributed by atoms with Crippen molar-refractivity contribution in [3.05, 3.63) is 34.6 Å². The molecule has 1 amide bonds. The van der Waals surface area contributed by atoms with Crippen molar-refractivity contribution in [3.8, 4) is 0 Å². The van der Waals surface area contributed by atoms with Gasteiger partial charge in [0.1, 0.15) is 5.58 Å². The number of likely N-dealkylation sites (N-methyl/N-ethyl adjacent to an activating group) is 1. The molecule has 0 radical (unpaired) electrons. The highest BCUT2D eigenvalue weighted by atomic mass is 16.3. The van der Waals surface area contributed by atoms with E-state index in [1.54, 1.807) is 0 Å². The summed E-state index contributed by atoms with van der Waals surface area (Å²) in [6, 6.07) is 5.14. The molecule has 1 aromatic heterocycles. The molecule has 1 aromatic carbocycles. The zero-order valence-corrected chi connectivity index (χ0v) is 14.7. The van der Waals surface area contributed by atoms with Crippen LogP contribution in [0, 0.1) is 20.8 Å². The molecular weight excluding hydrogens is 288 g/mol. The number of fused-ring (bicyclic) bond motifs is 1. The van der Waals surface area contributed by atoms with Gasteiger partial charge in [-0.3, -0.25) is 9.69 Å². The zero-order chi connectivity index (χ0) is 16.7. The predicted molar refractivity (Wildman–Crippen MR) is 93.0 cm³/mol. The molecule has 2 aromatic rings. The largest absolute Gasteiger partial charge is 0.450 e. The van der Waals surface area contributed by atoms with Gasteiger partial charge in [0.15, 0.2) is 5.76 Å². The summed E-state index contributed by atoms with van der Waals surface area (Å²) in [7, 11) is 2.13. The molecule has 0 aliphatic heterocycles. The number of hydrogen-bond acceptors (Lipinski definition) is 3. The lowest BCUT2D eigenvalue weighted by Gasteiger charge is -2.24. The number of benzene rings is 1. The van der Waals surface area contributed by atoms with E-state index in [2.05, 4.69) is 37.2 Å². The fourth-order valence-electron chi connectivity index (χ4n) is 3.20. The number of nitrogens with zero attached hydrogens (tertiary/aromatic N) is 1. The number of amides is 1. The molecule has 1 unspecified atom stereocenters. The van der Waals surface area contributed by atoms with Crippen LogP contribution in [0.4, 0.5) is 0 Å². The molecule has 4 nitrogen and oxygen atoms in total. The summed E-state index contributed by atoms with van der Waals surface area (Å²) in [6.45, 7) is 8.82. The van der Waals surface area contributed by atoms with Gasteiger partial charge >= 0.3 is 0 Å². The molecule has 1 N–H and O–H groups in total. The molecule has 4 heteroatoms. The quantitative estimate of drug-likeness (QED) is 0.917. The summed E-state index contributed by atoms with van der Waals surface area (Å²) in [4.78, 5) is 14.9. The lowest BCUT2D eigenvalue weighted by atomic mass is 10.0. The highest BCUT2D eigenvalue weighted by Crippen LogP contribution is 2.30. The van der Waals surface area contributed by atoms with Crippen molar-refractivity contribution in [2.24, 2.45) is 0 Å². The molecule has 1 atom stereocenters. The Balaban J connectivity index is 1.77. The average Bonchev–Trinajstić information content (AvgIpc) is 3.31. The van der Waals surface area contributed by atoms with Gasteiger partial charge < -0.3 is 9.73 Å². The summed E-state index contributed by atoms with van der Waals surface area (Å²) in [6.07, 6.45) is 2.55. The van der Waals surface area contributed by atoms with E-state index in [4.69, 9.17) is 4.42 Å². The summed E-state index contributed by atoms with van der Waals surface area (Å²) in [5, 5.41) is 4.10. The normalized spacial score (nSPS) is 16.1. The van der Waals surface area contributed by atoms with Crippen LogP contribution in [0.5, 0.6) is 0 Å². The first-order chi connectivity index (χ1) is 10.9. The second-order valence-electron chi connectivity index (χ2n) is 6.92. The molecule has 3 rings (SSSR count). The molecule has 1 aliphatic carbocycles. The topological polar surface area (TPSA) is 45.5 Å². The fourth-order valence-corrected chi connectivity index (χ4v) is 3.20. The third-order valence-electron chi connectivity index (χ3n) is 5.06. The van der Waals surface area contributed by atoms with E-state index in [1.165, 1.54) is 12.8 Å². The summed E-state index contributed by atoms with van der Waals surface area (Å²) >= 11 is 0. The maximum Gasteiger partial charge on any atom is 0.287 e. The van der Waals surface area contributed by atoms with Crippen LogP contribution in [0.2, 0.25) is 0 Å². The molecule has 1 heterocycles. The van der Waals surface area contributed by atoms with Gasteiger partial charge in [-0.25, -0.2) is 0 Å². The van der Waals surface area contributed by atoms with Gasteiger partial charge in [0.25, 0.3) is 5.91 Å². The van der Waals surface area contributed by atoms with Crippen LogP contribution >= 0.6 is 0 Å². The number of hydrogen-bond donors (Lipinski definition) is 1. The van der Waals surface area contributed by atoms with Crippen molar-refractivity contribution in [1.82, 2.24) is 10.2 Å². The Morgan fingerprint density at radius 3 is 2.57 bits per heavy atom. The van der Waals surface area contributed by atoms with Crippen LogP contribution in [0.15, 0.2) is 16.5 Å². The molecule has 124 valence electrons. The van der Waals surface area contributed by atoms with E-state index in [0.29, 0.717) is 24.4 Å². The van der Waals surface area contributed by atoms with Crippen LogP contribution in [0.1, 0.15) is 47.0 Å². The summed E-state index contributed by atoms with van der Waals surface area (Å²) < 4.78 is 5.90. The minimum Gasteiger partial charge on any atom is -0.450 e. The average molecular weight is 314 g/mol. The molecule has 1 saturated carbocycles. The number of furan rings is 1. The zero-order valence-electron chi connectivity index (χ0n) is 14.7. The highest BCUT2D eigenvalue weighted by Gasteiger charge is 2.29. The first kappa shape index (κ1) is 16.1. The molecule has 0 bridgehead atoms. The maximum absolute atomic E-state index is 12.5. The smallest absolute Gasteiger partial charge is 0.287 e. The Hall–Kier alpha value is -1.81. The molecule has 1 aliphatic rings. The van der Waals surface area contributed by atoms with Gasteiger partial charge in [-0.05, 0) is 58.7 Å². The summed E-state index contributed by atoms with van der Waals surface area (Å²) in [5.74, 6) is 0.326. The van der Waals surface area contributed by atoms with Crippen LogP contribution in [0.3, 0.4) is 0 Å². The van der Waals surface area contributed by atoms with E-state index in [-0.39, 0.29) is 5.91 Å². The van der Waals surface area contributed by atoms with E-state index < -0.39 is 0 Å². The van der Waals surface area contributed by atoms with Crippen molar-refractivity contribution in [1.29, 1.82) is 0 Å². The van der Waals surface area contributed by atoms with E-state index in [0.717, 1.165) is 27.7 Å². The van der Waals surface area contributed by atoms with Crippen molar-refractivity contribution >= 4 is 16.9 Å². The van der Waals surface area contributed by atoms with Crippen molar-refractivity contribution in [2.75, 3.05) is 13.6 Å². The third kappa shape index (κ3) is 3.00. The highest BCUT2D eigenvalue weighted by molar-refractivity contribution is 6.00.